The van der Waals surface area contributed by atoms with Crippen LogP contribution in [0, 0.1) is 39.5 Å². The number of carboxylic acids is 1. The molecule has 11 heteroatoms. The molecule has 0 aliphatic carbocycles. The second-order valence-corrected chi connectivity index (χ2v) is 25.8. The van der Waals surface area contributed by atoms with Crippen molar-refractivity contribution in [2.45, 2.75) is 183 Å². The van der Waals surface area contributed by atoms with Gasteiger partial charge in [0, 0.05) is 19.9 Å². The monoisotopic (exact) mass is 905 g/mol. The number of aryl methyl sites for hydroxylation is 4. The van der Waals surface area contributed by atoms with Crippen LogP contribution < -0.4 is 0 Å². The van der Waals surface area contributed by atoms with Gasteiger partial charge in [-0.3, -0.25) is 0 Å². The van der Waals surface area contributed by atoms with Crippen LogP contribution in [-0.4, -0.2) is 90.1 Å². The summed E-state index contributed by atoms with van der Waals surface area (Å²) < 4.78 is 30.3. The van der Waals surface area contributed by atoms with E-state index in [9.17, 15) is 24.9 Å². The molecule has 0 aromatic heterocycles. The lowest BCUT2D eigenvalue weighted by atomic mass is 9.95. The molecule has 6 unspecified atom stereocenters. The molecule has 10 nitrogen and oxygen atoms in total. The maximum absolute atomic E-state index is 13.0. The highest BCUT2D eigenvalue weighted by Gasteiger charge is 2.43. The number of hydrogen-bond acceptors (Lipinski definition) is 9. The first kappa shape index (κ1) is 54.6. The largest absolute Gasteiger partial charge is 0.478 e. The van der Waals surface area contributed by atoms with Crippen LogP contribution in [0.1, 0.15) is 135 Å². The first-order chi connectivity index (χ1) is 29.7. The van der Waals surface area contributed by atoms with Crippen LogP contribution in [0.15, 0.2) is 60.7 Å². The van der Waals surface area contributed by atoms with Gasteiger partial charge in [0.1, 0.15) is 0 Å². The number of ether oxygens (including phenoxy) is 5. The molecule has 4 rings (SSSR count). The van der Waals surface area contributed by atoms with Gasteiger partial charge >= 0.3 is 11.9 Å². The maximum atomic E-state index is 13.0. The number of rotatable bonds is 19. The van der Waals surface area contributed by atoms with Crippen molar-refractivity contribution in [2.24, 2.45) is 11.8 Å². The van der Waals surface area contributed by atoms with Crippen molar-refractivity contribution in [3.63, 3.8) is 0 Å². The lowest BCUT2D eigenvalue weighted by molar-refractivity contribution is -0.148. The lowest BCUT2D eigenvalue weighted by Gasteiger charge is -2.20. The third-order valence-corrected chi connectivity index (χ3v) is 12.9. The standard InChI is InChI=1S/C29H46O5Si.C24H34O5/c1-20-18-22(3)26(28(31)32-16-17-35(7,8)9)24(19-20)14-11-15-25-27(34-29(5,6)33-25)21(2)12-10-13-23(4)30;1-15-13-17(3)21(23(26)27)19(14-15)11-8-12-20-22(29-24(5,6)28-20)16(2)9-7-10-18(4)25/h10-12,14,18-19,21,23,25,27,30H,13,15-17H2,1-9H3;7-9,11,13-14,16,18,20,22,25H,10,12H2,1-6H3,(H,26,27)/b12-10-,14-11+;9-7-,11-8+/t21?,23-,25?,27?;16?,18-,20?,22?/m11/s1. The van der Waals surface area contributed by atoms with Crippen molar-refractivity contribution in [2.75, 3.05) is 6.61 Å². The minimum absolute atomic E-state index is 0.0925. The Balaban J connectivity index is 0.000000346. The Bertz CT molecular complexity index is 1970. The van der Waals surface area contributed by atoms with Gasteiger partial charge in [-0.15, -0.1) is 0 Å². The van der Waals surface area contributed by atoms with Gasteiger partial charge < -0.3 is 39.0 Å². The van der Waals surface area contributed by atoms with Crippen LogP contribution in [0.25, 0.3) is 12.2 Å². The molecule has 64 heavy (non-hydrogen) atoms. The lowest BCUT2D eigenvalue weighted by Crippen LogP contribution is -2.28. The molecule has 2 aliphatic rings. The Morgan fingerprint density at radius 1 is 0.672 bits per heavy atom. The molecule has 0 amide bonds. The SMILES string of the molecule is Cc1cc(C)c(C(=O)O)c(/C=C/CC2OC(C)(C)OC2C(C)/C=C\C[C@@H](C)O)c1.Cc1cc(C)c(C(=O)OCC[Si](C)(C)C)c(/C=C/CC2OC(C)(C)OC2C(C)/C=C\C[C@@H](C)O)c1. The molecular weight excluding hydrogens is 825 g/mol. The number of esters is 1. The molecule has 2 heterocycles. The molecule has 356 valence electrons. The van der Waals surface area contributed by atoms with E-state index in [1.165, 1.54) is 0 Å². The quantitative estimate of drug-likeness (QED) is 0.0709. The number of hydrogen-bond donors (Lipinski definition) is 3. The van der Waals surface area contributed by atoms with Crippen LogP contribution in [0.3, 0.4) is 0 Å². The number of carboxylic acid groups (broad SMARTS) is 1. The first-order valence-corrected chi connectivity index (χ1v) is 26.8. The summed E-state index contributed by atoms with van der Waals surface area (Å²) in [4.78, 5) is 24.6. The van der Waals surface area contributed by atoms with Crippen LogP contribution >= 0.6 is 0 Å². The summed E-state index contributed by atoms with van der Waals surface area (Å²) in [5.41, 5.74) is 6.38. The topological polar surface area (TPSA) is 141 Å². The molecule has 0 saturated carbocycles. The molecule has 2 aromatic carbocycles. The van der Waals surface area contributed by atoms with Gasteiger partial charge in [-0.1, -0.05) is 117 Å². The number of benzene rings is 2. The zero-order chi connectivity index (χ0) is 48.2. The van der Waals surface area contributed by atoms with Gasteiger partial charge in [0.15, 0.2) is 11.6 Å². The van der Waals surface area contributed by atoms with Gasteiger partial charge in [0.25, 0.3) is 0 Å². The van der Waals surface area contributed by atoms with E-state index in [4.69, 9.17) is 23.7 Å². The third kappa shape index (κ3) is 17.9. The van der Waals surface area contributed by atoms with Crippen LogP contribution in [0.4, 0.5) is 0 Å². The van der Waals surface area contributed by atoms with E-state index in [2.05, 4.69) is 51.7 Å². The molecule has 3 N–H and O–H groups in total. The third-order valence-electron chi connectivity index (χ3n) is 11.2. The van der Waals surface area contributed by atoms with E-state index in [0.29, 0.717) is 49.0 Å². The fourth-order valence-electron chi connectivity index (χ4n) is 8.20. The summed E-state index contributed by atoms with van der Waals surface area (Å²) in [6.07, 6.45) is 17.4. The summed E-state index contributed by atoms with van der Waals surface area (Å²) in [5.74, 6) is -2.21. The molecule has 2 aliphatic heterocycles. The fourth-order valence-corrected chi connectivity index (χ4v) is 8.91. The Kier molecular flexibility index (Phi) is 20.7. The molecule has 2 aromatic rings. The normalized spacial score (nSPS) is 22.8. The number of aromatic carboxylic acids is 1. The highest BCUT2D eigenvalue weighted by atomic mass is 28.3. The van der Waals surface area contributed by atoms with Gasteiger partial charge in [0.05, 0.1) is 54.4 Å². The summed E-state index contributed by atoms with van der Waals surface area (Å²) in [6.45, 7) is 30.5. The average molecular weight is 905 g/mol. The molecule has 8 atom stereocenters. The van der Waals surface area contributed by atoms with E-state index < -0.39 is 25.6 Å². The van der Waals surface area contributed by atoms with Crippen LogP contribution in [0.5, 0.6) is 0 Å². The van der Waals surface area contributed by atoms with Gasteiger partial charge in [-0.25, -0.2) is 9.59 Å². The number of aliphatic hydroxyl groups is 2. The number of aliphatic hydroxyl groups excluding tert-OH is 2. The molecule has 0 spiro atoms. The molecular formula is C53H80O10Si. The van der Waals surface area contributed by atoms with E-state index in [1.807, 2.05) is 110 Å². The van der Waals surface area contributed by atoms with Crippen LogP contribution in [-0.2, 0) is 23.7 Å². The summed E-state index contributed by atoms with van der Waals surface area (Å²) >= 11 is 0. The minimum atomic E-state index is -1.27. The zero-order valence-electron chi connectivity index (χ0n) is 41.5. The number of carbonyl (C=O) groups is 2. The Hall–Kier alpha value is -3.68. The summed E-state index contributed by atoms with van der Waals surface area (Å²) in [6, 6.07) is 8.79. The van der Waals surface area contributed by atoms with Crippen molar-refractivity contribution in [3.05, 3.63) is 105 Å². The second kappa shape index (κ2) is 24.2. The van der Waals surface area contributed by atoms with Crippen molar-refractivity contribution in [1.29, 1.82) is 0 Å². The van der Waals surface area contributed by atoms with Gasteiger partial charge in [0.2, 0.25) is 0 Å². The fraction of sp³-hybridized carbons (Fsp3) is 0.585. The van der Waals surface area contributed by atoms with Gasteiger partial charge in [-0.05, 0) is 123 Å². The molecule has 2 fully saturated rings. The molecule has 2 saturated heterocycles. The first-order valence-electron chi connectivity index (χ1n) is 23.0. The van der Waals surface area contributed by atoms with Crippen molar-refractivity contribution in [1.82, 2.24) is 0 Å². The second-order valence-electron chi connectivity index (χ2n) is 20.1. The predicted molar refractivity (Wildman–Crippen MR) is 261 cm³/mol. The summed E-state index contributed by atoms with van der Waals surface area (Å²) in [7, 11) is -1.27. The highest BCUT2D eigenvalue weighted by molar-refractivity contribution is 6.76. The van der Waals surface area contributed by atoms with E-state index in [0.717, 1.165) is 33.9 Å². The highest BCUT2D eigenvalue weighted by Crippen LogP contribution is 2.36. The minimum Gasteiger partial charge on any atom is -0.478 e. The molecule has 0 bridgehead atoms. The zero-order valence-corrected chi connectivity index (χ0v) is 42.5. The van der Waals surface area contributed by atoms with Crippen molar-refractivity contribution in [3.8, 4) is 0 Å². The smallest absolute Gasteiger partial charge is 0.338 e. The van der Waals surface area contributed by atoms with Crippen LogP contribution in [0.2, 0.25) is 25.7 Å². The molecule has 0 radical (unpaired) electrons. The van der Waals surface area contributed by atoms with E-state index in [-0.39, 0.29) is 54.4 Å². The van der Waals surface area contributed by atoms with E-state index >= 15 is 0 Å². The van der Waals surface area contributed by atoms with Gasteiger partial charge in [-0.2, -0.15) is 0 Å². The van der Waals surface area contributed by atoms with Crippen molar-refractivity contribution >= 4 is 32.2 Å². The average Bonchev–Trinajstić information content (AvgIpc) is 3.63. The predicted octanol–water partition coefficient (Wildman–Crippen LogP) is 11.6. The van der Waals surface area contributed by atoms with E-state index in [1.54, 1.807) is 13.8 Å². The summed E-state index contributed by atoms with van der Waals surface area (Å²) in [5, 5.41) is 28.5. The maximum Gasteiger partial charge on any atom is 0.338 e. The van der Waals surface area contributed by atoms with Crippen molar-refractivity contribution < 1.29 is 48.6 Å². The number of carbonyl (C=O) groups excluding carboxylic acids is 1. The Morgan fingerprint density at radius 2 is 1.08 bits per heavy atom. The Morgan fingerprint density at radius 3 is 1.47 bits per heavy atom. The Labute approximate surface area is 385 Å².